The zero-order valence-electron chi connectivity index (χ0n) is 12.3. The van der Waals surface area contributed by atoms with E-state index in [0.717, 1.165) is 11.8 Å². The van der Waals surface area contributed by atoms with E-state index < -0.39 is 15.8 Å². The predicted molar refractivity (Wildman–Crippen MR) is 88.8 cm³/mol. The first kappa shape index (κ1) is 16.2. The molecule has 1 saturated heterocycles. The fourth-order valence-corrected chi connectivity index (χ4v) is 4.20. The molecule has 7 heteroatoms. The Morgan fingerprint density at radius 1 is 0.957 bits per heavy atom. The van der Waals surface area contributed by atoms with Gasteiger partial charge in [-0.25, -0.2) is 12.8 Å². The summed E-state index contributed by atoms with van der Waals surface area (Å²) in [5.74, 6) is -0.550. The van der Waals surface area contributed by atoms with Gasteiger partial charge in [-0.3, -0.25) is 0 Å². The van der Waals surface area contributed by atoms with Gasteiger partial charge in [0.15, 0.2) is 0 Å². The van der Waals surface area contributed by atoms with E-state index in [9.17, 15) is 12.8 Å². The van der Waals surface area contributed by atoms with Crippen molar-refractivity contribution in [1.29, 1.82) is 0 Å². The largest absolute Gasteiger partial charge is 0.369 e. The molecule has 3 rings (SSSR count). The molecule has 0 saturated carbocycles. The standard InChI is InChI=1S/C16H16ClFN2O2S/c17-13-4-6-15(7-5-13)19-8-10-20(11-9-19)23(21,22)16-3-1-2-14(18)12-16/h1-7,12H,8-11H2. The average Bonchev–Trinajstić information content (AvgIpc) is 2.56. The van der Waals surface area contributed by atoms with Crippen LogP contribution in [0.4, 0.5) is 10.1 Å². The summed E-state index contributed by atoms with van der Waals surface area (Å²) in [4.78, 5) is 2.10. The van der Waals surface area contributed by atoms with Crippen LogP contribution >= 0.6 is 11.6 Å². The molecule has 1 aliphatic heterocycles. The van der Waals surface area contributed by atoms with Gasteiger partial charge >= 0.3 is 0 Å². The first-order chi connectivity index (χ1) is 11.0. The van der Waals surface area contributed by atoms with Crippen LogP contribution in [0.15, 0.2) is 53.4 Å². The van der Waals surface area contributed by atoms with Gasteiger partial charge in [-0.2, -0.15) is 4.31 Å². The van der Waals surface area contributed by atoms with Gasteiger partial charge in [0.25, 0.3) is 0 Å². The lowest BCUT2D eigenvalue weighted by Crippen LogP contribution is -2.48. The van der Waals surface area contributed by atoms with Crippen molar-refractivity contribution in [3.63, 3.8) is 0 Å². The molecule has 0 radical (unpaired) electrons. The van der Waals surface area contributed by atoms with Crippen LogP contribution in [0, 0.1) is 5.82 Å². The molecule has 0 amide bonds. The molecule has 4 nitrogen and oxygen atoms in total. The van der Waals surface area contributed by atoms with Crippen molar-refractivity contribution in [3.05, 3.63) is 59.4 Å². The number of nitrogens with zero attached hydrogens (tertiary/aromatic N) is 2. The van der Waals surface area contributed by atoms with E-state index in [1.54, 1.807) is 0 Å². The number of piperazine rings is 1. The summed E-state index contributed by atoms with van der Waals surface area (Å²) in [7, 11) is -3.65. The Morgan fingerprint density at radius 3 is 2.22 bits per heavy atom. The van der Waals surface area contributed by atoms with E-state index in [1.807, 2.05) is 24.3 Å². The SMILES string of the molecule is O=S(=O)(c1cccc(F)c1)N1CCN(c2ccc(Cl)cc2)CC1. The second kappa shape index (κ2) is 6.47. The molecule has 2 aromatic carbocycles. The van der Waals surface area contributed by atoms with Crippen molar-refractivity contribution in [2.24, 2.45) is 0 Å². The van der Waals surface area contributed by atoms with Gasteiger partial charge in [0, 0.05) is 36.9 Å². The lowest BCUT2D eigenvalue weighted by atomic mass is 10.2. The summed E-state index contributed by atoms with van der Waals surface area (Å²) in [6, 6.07) is 12.6. The summed E-state index contributed by atoms with van der Waals surface area (Å²) >= 11 is 5.88. The molecule has 2 aromatic rings. The minimum absolute atomic E-state index is 0.00237. The summed E-state index contributed by atoms with van der Waals surface area (Å²) < 4.78 is 39.8. The highest BCUT2D eigenvalue weighted by atomic mass is 35.5. The van der Waals surface area contributed by atoms with Gasteiger partial charge in [-0.05, 0) is 42.5 Å². The van der Waals surface area contributed by atoms with Crippen molar-refractivity contribution in [3.8, 4) is 0 Å². The molecular weight excluding hydrogens is 339 g/mol. The summed E-state index contributed by atoms with van der Waals surface area (Å²) in [6.07, 6.45) is 0. The number of halogens is 2. The van der Waals surface area contributed by atoms with Crippen LogP contribution in [0.25, 0.3) is 0 Å². The molecule has 0 aliphatic carbocycles. The van der Waals surface area contributed by atoms with Crippen LogP contribution < -0.4 is 4.90 Å². The normalized spacial score (nSPS) is 16.5. The van der Waals surface area contributed by atoms with E-state index in [-0.39, 0.29) is 4.90 Å². The molecule has 0 aromatic heterocycles. The maximum Gasteiger partial charge on any atom is 0.243 e. The smallest absolute Gasteiger partial charge is 0.243 e. The van der Waals surface area contributed by atoms with E-state index in [4.69, 9.17) is 11.6 Å². The lowest BCUT2D eigenvalue weighted by Gasteiger charge is -2.35. The topological polar surface area (TPSA) is 40.6 Å². The van der Waals surface area contributed by atoms with Gasteiger partial charge in [-0.15, -0.1) is 0 Å². The van der Waals surface area contributed by atoms with E-state index >= 15 is 0 Å². The molecule has 1 aliphatic rings. The van der Waals surface area contributed by atoms with Gasteiger partial charge in [-0.1, -0.05) is 17.7 Å². The lowest BCUT2D eigenvalue weighted by molar-refractivity contribution is 0.384. The van der Waals surface area contributed by atoms with Crippen LogP contribution in [0.2, 0.25) is 5.02 Å². The molecule has 23 heavy (non-hydrogen) atoms. The number of anilines is 1. The maximum absolute atomic E-state index is 13.3. The highest BCUT2D eigenvalue weighted by molar-refractivity contribution is 7.89. The Labute approximate surface area is 140 Å². The maximum atomic E-state index is 13.3. The zero-order chi connectivity index (χ0) is 16.4. The Hall–Kier alpha value is -1.63. The third-order valence-electron chi connectivity index (χ3n) is 3.86. The number of hydrogen-bond donors (Lipinski definition) is 0. The van der Waals surface area contributed by atoms with Gasteiger partial charge in [0.2, 0.25) is 10.0 Å². The Bertz CT molecular complexity index is 788. The molecule has 0 N–H and O–H groups in total. The molecule has 0 unspecified atom stereocenters. The van der Waals surface area contributed by atoms with E-state index in [1.165, 1.54) is 22.5 Å². The third-order valence-corrected chi connectivity index (χ3v) is 6.01. The summed E-state index contributed by atoms with van der Waals surface area (Å²) in [6.45, 7) is 1.88. The van der Waals surface area contributed by atoms with Crippen LogP contribution in [0.1, 0.15) is 0 Å². The Balaban J connectivity index is 1.72. The molecule has 1 heterocycles. The first-order valence-corrected chi connectivity index (χ1v) is 9.05. The second-order valence-electron chi connectivity index (χ2n) is 5.32. The van der Waals surface area contributed by atoms with E-state index in [0.29, 0.717) is 31.2 Å². The highest BCUT2D eigenvalue weighted by Crippen LogP contribution is 2.22. The van der Waals surface area contributed by atoms with Crippen LogP contribution in [-0.2, 0) is 10.0 Å². The number of hydrogen-bond acceptors (Lipinski definition) is 3. The molecule has 0 bridgehead atoms. The van der Waals surface area contributed by atoms with E-state index in [2.05, 4.69) is 4.90 Å². The molecule has 1 fully saturated rings. The summed E-state index contributed by atoms with van der Waals surface area (Å²) in [5.41, 5.74) is 1.01. The predicted octanol–water partition coefficient (Wildman–Crippen LogP) is 2.99. The zero-order valence-corrected chi connectivity index (χ0v) is 13.9. The fourth-order valence-electron chi connectivity index (χ4n) is 2.62. The van der Waals surface area contributed by atoms with Crippen molar-refractivity contribution in [2.45, 2.75) is 4.90 Å². The van der Waals surface area contributed by atoms with Gasteiger partial charge in [0.05, 0.1) is 4.90 Å². The average molecular weight is 355 g/mol. The van der Waals surface area contributed by atoms with Gasteiger partial charge in [0.1, 0.15) is 5.82 Å². The Morgan fingerprint density at radius 2 is 1.61 bits per heavy atom. The highest BCUT2D eigenvalue weighted by Gasteiger charge is 2.28. The number of sulfonamides is 1. The molecule has 0 spiro atoms. The van der Waals surface area contributed by atoms with Crippen LogP contribution in [0.5, 0.6) is 0 Å². The van der Waals surface area contributed by atoms with Crippen LogP contribution in [0.3, 0.4) is 0 Å². The Kier molecular flexibility index (Phi) is 4.57. The first-order valence-electron chi connectivity index (χ1n) is 7.23. The fraction of sp³-hybridized carbons (Fsp3) is 0.250. The van der Waals surface area contributed by atoms with Crippen LogP contribution in [-0.4, -0.2) is 38.9 Å². The number of rotatable bonds is 3. The van der Waals surface area contributed by atoms with Crippen molar-refractivity contribution < 1.29 is 12.8 Å². The van der Waals surface area contributed by atoms with Gasteiger partial charge < -0.3 is 4.90 Å². The minimum atomic E-state index is -3.65. The second-order valence-corrected chi connectivity index (χ2v) is 7.70. The minimum Gasteiger partial charge on any atom is -0.369 e. The summed E-state index contributed by atoms with van der Waals surface area (Å²) in [5, 5.41) is 0.668. The molecule has 122 valence electrons. The van der Waals surface area contributed by atoms with Crippen molar-refractivity contribution in [1.82, 2.24) is 4.31 Å². The molecule has 0 atom stereocenters. The number of benzene rings is 2. The monoisotopic (exact) mass is 354 g/mol. The quantitative estimate of drug-likeness (QED) is 0.850. The van der Waals surface area contributed by atoms with Crippen molar-refractivity contribution in [2.75, 3.05) is 31.1 Å². The molecular formula is C16H16ClFN2O2S. The van der Waals surface area contributed by atoms with Crippen molar-refractivity contribution >= 4 is 27.3 Å². The third kappa shape index (κ3) is 3.49.